The van der Waals surface area contributed by atoms with Crippen LogP contribution in [0.15, 0.2) is 60.6 Å². The van der Waals surface area contributed by atoms with Gasteiger partial charge in [-0.2, -0.15) is 9.46 Å². The summed E-state index contributed by atoms with van der Waals surface area (Å²) < 4.78 is 1.68. The van der Waals surface area contributed by atoms with Crippen molar-refractivity contribution in [1.82, 2.24) is 4.90 Å². The van der Waals surface area contributed by atoms with Gasteiger partial charge in [-0.3, -0.25) is 4.79 Å². The first-order chi connectivity index (χ1) is 15.9. The molecule has 0 atom stereocenters. The predicted molar refractivity (Wildman–Crippen MR) is 126 cm³/mol. The normalized spacial score (nSPS) is 15.6. The number of carbonyl (C=O) groups excluding carboxylic acids is 1. The van der Waals surface area contributed by atoms with Crippen molar-refractivity contribution in [3.8, 4) is 0 Å². The Morgan fingerprint density at radius 1 is 0.970 bits per heavy atom. The van der Waals surface area contributed by atoms with Crippen LogP contribution >= 0.6 is 11.6 Å². The van der Waals surface area contributed by atoms with E-state index in [1.165, 1.54) is 18.0 Å². The van der Waals surface area contributed by atoms with Gasteiger partial charge in [-0.1, -0.05) is 23.2 Å². The number of aromatic nitrogens is 2. The van der Waals surface area contributed by atoms with Crippen LogP contribution in [0.3, 0.4) is 0 Å². The van der Waals surface area contributed by atoms with E-state index < -0.39 is 0 Å². The Labute approximate surface area is 197 Å². The highest BCUT2D eigenvalue weighted by atomic mass is 35.5. The van der Waals surface area contributed by atoms with Crippen molar-refractivity contribution in [3.05, 3.63) is 110 Å². The molecule has 0 radical (unpaired) electrons. The summed E-state index contributed by atoms with van der Waals surface area (Å²) in [7, 11) is 0. The number of pyridine rings is 2. The summed E-state index contributed by atoms with van der Waals surface area (Å²) in [5.74, 6) is -0.0809. The molecule has 7 heteroatoms. The van der Waals surface area contributed by atoms with Crippen LogP contribution < -0.4 is 9.46 Å². The van der Waals surface area contributed by atoms with Crippen LogP contribution in [0.4, 0.5) is 0 Å². The molecule has 33 heavy (non-hydrogen) atoms. The zero-order chi connectivity index (χ0) is 23.1. The highest BCUT2D eigenvalue weighted by Crippen LogP contribution is 2.38. The molecule has 0 saturated carbocycles. The Hall–Kier alpha value is -3.38. The lowest BCUT2D eigenvalue weighted by atomic mass is 9.88. The Kier molecular flexibility index (Phi) is 5.54. The van der Waals surface area contributed by atoms with E-state index in [4.69, 9.17) is 11.6 Å². The average molecular weight is 462 g/mol. The monoisotopic (exact) mass is 461 g/mol. The molecule has 0 bridgehead atoms. The smallest absolute Gasteiger partial charge is 0.254 e. The molecule has 0 N–H and O–H groups in total. The minimum absolute atomic E-state index is 0.0809. The van der Waals surface area contributed by atoms with Crippen LogP contribution in [0.5, 0.6) is 0 Å². The summed E-state index contributed by atoms with van der Waals surface area (Å²) in [4.78, 5) is 14.7. The van der Waals surface area contributed by atoms with Crippen LogP contribution in [-0.2, 0) is 12.8 Å². The van der Waals surface area contributed by atoms with Gasteiger partial charge in [0.05, 0.1) is 11.1 Å². The molecule has 0 spiro atoms. The van der Waals surface area contributed by atoms with Gasteiger partial charge in [0.15, 0.2) is 18.6 Å². The first-order valence-electron chi connectivity index (χ1n) is 11.1. The van der Waals surface area contributed by atoms with Gasteiger partial charge in [0.1, 0.15) is 0 Å². The molecule has 6 nitrogen and oxygen atoms in total. The Morgan fingerprint density at radius 3 is 2.39 bits per heavy atom. The summed E-state index contributed by atoms with van der Waals surface area (Å²) in [5, 5.41) is 25.1. The number of carbonyl (C=O) groups is 1. The van der Waals surface area contributed by atoms with E-state index in [0.29, 0.717) is 41.2 Å². The van der Waals surface area contributed by atoms with E-state index in [1.807, 2.05) is 30.0 Å². The van der Waals surface area contributed by atoms with Crippen molar-refractivity contribution in [3.63, 3.8) is 0 Å². The summed E-state index contributed by atoms with van der Waals surface area (Å²) >= 11 is 6.30. The SMILES string of the molecule is Cc1cc2c([n+]([O-])c1)C(=C1CCN(C(=O)c3cc[n+]([O-])cc3)CC1)c1ccc(Cl)cc1CC2. The maximum Gasteiger partial charge on any atom is 0.254 e. The zero-order valence-electron chi connectivity index (χ0n) is 18.4. The van der Waals surface area contributed by atoms with Crippen molar-refractivity contribution in [2.75, 3.05) is 13.1 Å². The second kappa shape index (κ2) is 8.52. The number of halogens is 1. The molecule has 1 saturated heterocycles. The van der Waals surface area contributed by atoms with Crippen LogP contribution in [-0.4, -0.2) is 23.9 Å². The molecule has 1 amide bonds. The van der Waals surface area contributed by atoms with Crippen molar-refractivity contribution in [1.29, 1.82) is 0 Å². The fraction of sp³-hybridized carbons (Fsp3) is 0.269. The number of fused-ring (bicyclic) bond motifs is 2. The maximum atomic E-state index is 13.1. The van der Waals surface area contributed by atoms with Crippen LogP contribution in [0, 0.1) is 17.3 Å². The molecular weight excluding hydrogens is 438 g/mol. The molecule has 3 heterocycles. The molecule has 0 unspecified atom stereocenters. The zero-order valence-corrected chi connectivity index (χ0v) is 19.1. The van der Waals surface area contributed by atoms with Gasteiger partial charge in [-0.25, -0.2) is 0 Å². The molecular formula is C26H24ClN3O3. The molecule has 1 aliphatic heterocycles. The summed E-state index contributed by atoms with van der Waals surface area (Å²) in [6, 6.07) is 11.1. The fourth-order valence-corrected chi connectivity index (χ4v) is 5.16. The van der Waals surface area contributed by atoms with Gasteiger partial charge >= 0.3 is 0 Å². The third kappa shape index (κ3) is 4.07. The minimum Gasteiger partial charge on any atom is -0.619 e. The van der Waals surface area contributed by atoms with Gasteiger partial charge in [-0.15, -0.1) is 0 Å². The van der Waals surface area contributed by atoms with Crippen molar-refractivity contribution < 1.29 is 14.3 Å². The standard InChI is InChI=1S/C26H24ClN3O3/c1-17-14-21-3-2-20-15-22(27)4-5-23(20)24(25(21)30(33)16-17)18-6-10-28(11-7-18)26(31)19-8-12-29(32)13-9-19/h4-5,8-9,12-16H,2-3,6-7,10-11H2,1H3. The van der Waals surface area contributed by atoms with Crippen molar-refractivity contribution in [2.45, 2.75) is 32.6 Å². The van der Waals surface area contributed by atoms with E-state index in [-0.39, 0.29) is 5.91 Å². The number of amides is 1. The van der Waals surface area contributed by atoms with Crippen molar-refractivity contribution in [2.24, 2.45) is 0 Å². The first-order valence-corrected chi connectivity index (χ1v) is 11.5. The van der Waals surface area contributed by atoms with Gasteiger partial charge in [-0.05, 0) is 61.9 Å². The summed E-state index contributed by atoms with van der Waals surface area (Å²) in [5.41, 5.74) is 7.60. The van der Waals surface area contributed by atoms with Gasteiger partial charge < -0.3 is 15.3 Å². The van der Waals surface area contributed by atoms with E-state index in [1.54, 1.807) is 18.3 Å². The summed E-state index contributed by atoms with van der Waals surface area (Å²) in [6.07, 6.45) is 7.28. The Morgan fingerprint density at radius 2 is 1.67 bits per heavy atom. The third-order valence-corrected chi connectivity index (χ3v) is 6.78. The molecule has 2 aliphatic rings. The quantitative estimate of drug-likeness (QED) is 0.409. The third-order valence-electron chi connectivity index (χ3n) is 6.54. The molecule has 1 aromatic carbocycles. The highest BCUT2D eigenvalue weighted by Gasteiger charge is 2.31. The number of rotatable bonds is 1. The fourth-order valence-electron chi connectivity index (χ4n) is 4.97. The summed E-state index contributed by atoms with van der Waals surface area (Å²) in [6.45, 7) is 3.07. The molecule has 5 rings (SSSR count). The van der Waals surface area contributed by atoms with Crippen LogP contribution in [0.1, 0.15) is 51.1 Å². The van der Waals surface area contributed by atoms with Gasteiger partial charge in [0, 0.05) is 41.4 Å². The van der Waals surface area contributed by atoms with E-state index >= 15 is 0 Å². The minimum atomic E-state index is -0.0809. The maximum absolute atomic E-state index is 13.1. The lowest BCUT2D eigenvalue weighted by molar-refractivity contribution is -0.608. The second-order valence-electron chi connectivity index (χ2n) is 8.74. The number of hydrogen-bond acceptors (Lipinski definition) is 3. The number of nitrogens with zero attached hydrogens (tertiary/aromatic N) is 3. The predicted octanol–water partition coefficient (Wildman–Crippen LogP) is 3.75. The number of likely N-dealkylation sites (tertiary alicyclic amines) is 1. The average Bonchev–Trinajstić information content (AvgIpc) is 2.96. The molecule has 3 aromatic rings. The molecule has 168 valence electrons. The topological polar surface area (TPSA) is 74.2 Å². The number of hydrogen-bond donors (Lipinski definition) is 0. The highest BCUT2D eigenvalue weighted by molar-refractivity contribution is 6.30. The number of aryl methyl sites for hydroxylation is 3. The number of piperidine rings is 1. The van der Waals surface area contributed by atoms with E-state index in [9.17, 15) is 15.2 Å². The van der Waals surface area contributed by atoms with E-state index in [2.05, 4.69) is 6.07 Å². The molecule has 1 aliphatic carbocycles. The Bertz CT molecular complexity index is 1270. The van der Waals surface area contributed by atoms with E-state index in [0.717, 1.165) is 51.1 Å². The number of benzene rings is 1. The lowest BCUT2D eigenvalue weighted by Gasteiger charge is -2.30. The molecule has 2 aromatic heterocycles. The van der Waals surface area contributed by atoms with Gasteiger partial charge in [0.25, 0.3) is 5.91 Å². The first kappa shape index (κ1) is 21.5. The molecule has 1 fully saturated rings. The van der Waals surface area contributed by atoms with Crippen LogP contribution in [0.25, 0.3) is 5.57 Å². The second-order valence-corrected chi connectivity index (χ2v) is 9.17. The largest absolute Gasteiger partial charge is 0.619 e. The van der Waals surface area contributed by atoms with Crippen LogP contribution in [0.2, 0.25) is 5.02 Å². The van der Waals surface area contributed by atoms with Gasteiger partial charge in [0.2, 0.25) is 5.69 Å². The Balaban J connectivity index is 1.54. The lowest BCUT2D eigenvalue weighted by Crippen LogP contribution is -2.38. The van der Waals surface area contributed by atoms with Crippen molar-refractivity contribution >= 4 is 23.1 Å².